The van der Waals surface area contributed by atoms with Gasteiger partial charge in [0.05, 0.1) is 26.7 Å². The first kappa shape index (κ1) is 62.8. The lowest BCUT2D eigenvalue weighted by molar-refractivity contribution is -0.910. The van der Waals surface area contributed by atoms with Crippen molar-refractivity contribution in [2.24, 2.45) is 0 Å². The van der Waals surface area contributed by atoms with Crippen molar-refractivity contribution >= 4 is 28.0 Å². The van der Waals surface area contributed by atoms with Gasteiger partial charge in [-0.15, -0.1) is 21.9 Å². The van der Waals surface area contributed by atoms with Crippen molar-refractivity contribution in [1.29, 1.82) is 0 Å². The second kappa shape index (κ2) is 28.4. The third-order valence-corrected chi connectivity index (χ3v) is 13.4. The van der Waals surface area contributed by atoms with Gasteiger partial charge in [-0.2, -0.15) is 0 Å². The summed E-state index contributed by atoms with van der Waals surface area (Å²) in [6.07, 6.45) is 21.6. The van der Waals surface area contributed by atoms with Crippen LogP contribution in [0.15, 0.2) is 0 Å². The van der Waals surface area contributed by atoms with Gasteiger partial charge >= 0.3 is 0 Å². The van der Waals surface area contributed by atoms with Crippen LogP contribution in [0.4, 0.5) is 87.8 Å². The summed E-state index contributed by atoms with van der Waals surface area (Å²) in [6.45, 7) is 11.2. The minimum absolute atomic E-state index is 1.36. The summed E-state index contributed by atoms with van der Waals surface area (Å²) in [5, 5.41) is 0. The number of nitrogens with zero attached hydrogens (tertiary/aromatic N) is 1. The SMILES string of the molecule is CCCCCCCCCC[N+](C)(CCCCCCCC)CCCCCCCC.Fc1c(F)c(F)c([B-](c2c(F)c(F)c(F)c(F)c2F)(c2c(F)c(F)c(F)c(F)c2F)c2c(F)c(F)c(F)c(F)c2F)c(F)c1F. The Balaban J connectivity index is 0.000000434. The lowest BCUT2D eigenvalue weighted by Gasteiger charge is -2.44. The van der Waals surface area contributed by atoms with Crippen LogP contribution in [0.3, 0.4) is 0 Å². The molecule has 0 saturated heterocycles. The van der Waals surface area contributed by atoms with Crippen molar-refractivity contribution in [2.75, 3.05) is 26.7 Å². The standard InChI is InChI=1S/C27H58N.C24BF20/c1-5-8-11-14-17-18-21-24-27-28(4,25-22-19-15-12-9-6-2)26-23-20-16-13-10-7-3;26-5-1(6(27)14(35)21(42)13(5)34)25(2-7(28)15(36)22(43)16(37)8(2)29,3-9(30)17(38)23(44)18(39)10(3)31)4-11(32)19(40)24(45)20(41)12(4)33/h5-27H2,1-4H3;/q+1;-1. The van der Waals surface area contributed by atoms with Gasteiger partial charge in [0.2, 0.25) is 0 Å². The van der Waals surface area contributed by atoms with Crippen LogP contribution in [-0.4, -0.2) is 37.3 Å². The maximum absolute atomic E-state index is 15.4. The summed E-state index contributed by atoms with van der Waals surface area (Å²) in [5.74, 6) is -71.4. The predicted octanol–water partition coefficient (Wildman–Crippen LogP) is 15.1. The summed E-state index contributed by atoms with van der Waals surface area (Å²) < 4.78 is 295. The van der Waals surface area contributed by atoms with Crippen molar-refractivity contribution in [1.82, 2.24) is 0 Å². The van der Waals surface area contributed by atoms with Gasteiger partial charge in [-0.1, -0.05) is 111 Å². The highest BCUT2D eigenvalue weighted by molar-refractivity contribution is 7.20. The summed E-state index contributed by atoms with van der Waals surface area (Å²) in [6, 6.07) is 0. The van der Waals surface area contributed by atoms with Crippen molar-refractivity contribution in [3.8, 4) is 0 Å². The van der Waals surface area contributed by atoms with Gasteiger partial charge in [-0.05, 0) is 38.5 Å². The molecule has 0 N–H and O–H groups in total. The molecular formula is C51H58BF20N. The molecule has 0 aliphatic carbocycles. The van der Waals surface area contributed by atoms with Crippen LogP contribution < -0.4 is 21.9 Å². The van der Waals surface area contributed by atoms with E-state index in [4.69, 9.17) is 0 Å². The molecule has 73 heavy (non-hydrogen) atoms. The Kier molecular flexibility index (Phi) is 24.4. The van der Waals surface area contributed by atoms with Crippen molar-refractivity contribution in [3.63, 3.8) is 0 Å². The van der Waals surface area contributed by atoms with Crippen LogP contribution in [0.2, 0.25) is 0 Å². The quantitative estimate of drug-likeness (QED) is 0.0139. The minimum atomic E-state index is -7.22. The normalized spacial score (nSPS) is 12.0. The van der Waals surface area contributed by atoms with E-state index in [1.54, 1.807) is 0 Å². The van der Waals surface area contributed by atoms with Crippen LogP contribution in [0.1, 0.15) is 149 Å². The second-order valence-corrected chi connectivity index (χ2v) is 18.6. The molecule has 4 aromatic rings. The van der Waals surface area contributed by atoms with Gasteiger partial charge in [-0.25, -0.2) is 87.8 Å². The monoisotopic (exact) mass is 1080 g/mol. The molecular weight excluding hydrogens is 1020 g/mol. The van der Waals surface area contributed by atoms with Crippen LogP contribution >= 0.6 is 0 Å². The largest absolute Gasteiger partial charge is 0.326 e. The van der Waals surface area contributed by atoms with E-state index in [1.165, 1.54) is 153 Å². The first-order valence-corrected chi connectivity index (χ1v) is 24.5. The van der Waals surface area contributed by atoms with Crippen molar-refractivity contribution < 1.29 is 92.3 Å². The minimum Gasteiger partial charge on any atom is -0.326 e. The van der Waals surface area contributed by atoms with Crippen molar-refractivity contribution in [2.45, 2.75) is 149 Å². The van der Waals surface area contributed by atoms with E-state index in [0.29, 0.717) is 0 Å². The second-order valence-electron chi connectivity index (χ2n) is 18.6. The molecule has 4 rings (SSSR count). The molecule has 0 aromatic heterocycles. The Morgan fingerprint density at radius 3 is 0.521 bits per heavy atom. The smallest absolute Gasteiger partial charge is 0.200 e. The molecule has 0 bridgehead atoms. The summed E-state index contributed by atoms with van der Waals surface area (Å²) in [5.41, 5.74) is -14.3. The maximum atomic E-state index is 15.4. The zero-order chi connectivity index (χ0) is 55.1. The van der Waals surface area contributed by atoms with E-state index in [0.717, 1.165) is 0 Å². The van der Waals surface area contributed by atoms with Gasteiger partial charge in [0, 0.05) is 0 Å². The molecule has 410 valence electrons. The third-order valence-electron chi connectivity index (χ3n) is 13.4. The van der Waals surface area contributed by atoms with Crippen LogP contribution in [0.5, 0.6) is 0 Å². The van der Waals surface area contributed by atoms with Gasteiger partial charge < -0.3 is 4.48 Å². The molecule has 0 spiro atoms. The molecule has 0 amide bonds. The van der Waals surface area contributed by atoms with E-state index < -0.39 is 144 Å². The average Bonchev–Trinajstić information content (AvgIpc) is 3.37. The highest BCUT2D eigenvalue weighted by Gasteiger charge is 2.52. The fourth-order valence-electron chi connectivity index (χ4n) is 9.38. The first-order chi connectivity index (χ1) is 34.4. The third kappa shape index (κ3) is 13.9. The molecule has 0 aliphatic rings. The van der Waals surface area contributed by atoms with Gasteiger partial charge in [0.1, 0.15) is 52.7 Å². The van der Waals surface area contributed by atoms with Gasteiger partial charge in [0.25, 0.3) is 0 Å². The molecule has 4 aromatic carbocycles. The van der Waals surface area contributed by atoms with Crippen LogP contribution in [0.25, 0.3) is 0 Å². The summed E-state index contributed by atoms with van der Waals surface area (Å²) in [7, 11) is 2.57. The number of hydrogen-bond acceptors (Lipinski definition) is 0. The van der Waals surface area contributed by atoms with Gasteiger partial charge in [-0.3, -0.25) is 0 Å². The number of hydrogen-bond donors (Lipinski definition) is 0. The highest BCUT2D eigenvalue weighted by atomic mass is 19.2. The maximum Gasteiger partial charge on any atom is 0.200 e. The van der Waals surface area contributed by atoms with E-state index in [9.17, 15) is 52.7 Å². The Morgan fingerprint density at radius 2 is 0.356 bits per heavy atom. The number of halogens is 20. The summed E-state index contributed by atoms with van der Waals surface area (Å²) >= 11 is 0. The Hall–Kier alpha value is -4.50. The lowest BCUT2D eigenvalue weighted by atomic mass is 9.12. The van der Waals surface area contributed by atoms with E-state index in [1.807, 2.05) is 0 Å². The van der Waals surface area contributed by atoms with Crippen LogP contribution in [-0.2, 0) is 0 Å². The molecule has 22 heteroatoms. The first-order valence-electron chi connectivity index (χ1n) is 24.5. The number of benzene rings is 4. The molecule has 0 atom stereocenters. The van der Waals surface area contributed by atoms with E-state index >= 15 is 35.1 Å². The molecule has 1 nitrogen and oxygen atoms in total. The molecule has 0 fully saturated rings. The van der Waals surface area contributed by atoms with Gasteiger partial charge in [0.15, 0.2) is 69.8 Å². The topological polar surface area (TPSA) is 0 Å². The molecule has 0 saturated carbocycles. The molecule has 0 unspecified atom stereocenters. The van der Waals surface area contributed by atoms with Crippen molar-refractivity contribution in [3.05, 3.63) is 116 Å². The van der Waals surface area contributed by atoms with E-state index in [-0.39, 0.29) is 0 Å². The molecule has 0 radical (unpaired) electrons. The fourth-order valence-corrected chi connectivity index (χ4v) is 9.38. The lowest BCUT2D eigenvalue weighted by Crippen LogP contribution is -2.81. The Bertz CT molecular complexity index is 2080. The predicted molar refractivity (Wildman–Crippen MR) is 239 cm³/mol. The molecule has 0 heterocycles. The highest BCUT2D eigenvalue weighted by Crippen LogP contribution is 2.31. The van der Waals surface area contributed by atoms with Crippen LogP contribution in [0, 0.1) is 116 Å². The Labute approximate surface area is 411 Å². The van der Waals surface area contributed by atoms with E-state index in [2.05, 4.69) is 27.8 Å². The number of quaternary nitrogens is 1. The molecule has 0 aliphatic heterocycles. The number of rotatable bonds is 27. The zero-order valence-electron chi connectivity index (χ0n) is 40.8. The zero-order valence-corrected chi connectivity index (χ0v) is 40.8. The average molecular weight is 1080 g/mol. The Morgan fingerprint density at radius 1 is 0.219 bits per heavy atom. The number of unbranched alkanes of at least 4 members (excludes halogenated alkanes) is 17. The fraction of sp³-hybridized carbons (Fsp3) is 0.529. The summed E-state index contributed by atoms with van der Waals surface area (Å²) in [4.78, 5) is 0.